The standard InChI is InChI=1S/C22H29FN2O6S/c1-16-14-20(17(2)25(16)12-13-30-4)21(26)15-31-22(27)6-5-11-24(3)32(28,29)19-9-7-18(23)8-10-19/h7-10,14H,5-6,11-13,15H2,1-4H3. The minimum atomic E-state index is -3.78. The summed E-state index contributed by atoms with van der Waals surface area (Å²) in [5, 5.41) is 0. The summed E-state index contributed by atoms with van der Waals surface area (Å²) in [6.45, 7) is 4.55. The number of ketones is 1. The molecule has 0 unspecified atom stereocenters. The lowest BCUT2D eigenvalue weighted by molar-refractivity contribution is -0.142. The van der Waals surface area contributed by atoms with Gasteiger partial charge in [0.15, 0.2) is 6.61 Å². The molecule has 0 N–H and O–H groups in total. The fourth-order valence-electron chi connectivity index (χ4n) is 3.26. The molecule has 8 nitrogen and oxygen atoms in total. The van der Waals surface area contributed by atoms with Gasteiger partial charge in [0.1, 0.15) is 5.82 Å². The number of carbonyl (C=O) groups is 2. The van der Waals surface area contributed by atoms with Crippen molar-refractivity contribution in [2.75, 3.05) is 33.9 Å². The van der Waals surface area contributed by atoms with Crippen molar-refractivity contribution in [3.05, 3.63) is 53.1 Å². The van der Waals surface area contributed by atoms with Crippen LogP contribution in [0.3, 0.4) is 0 Å². The smallest absolute Gasteiger partial charge is 0.306 e. The van der Waals surface area contributed by atoms with Gasteiger partial charge in [-0.1, -0.05) is 0 Å². The summed E-state index contributed by atoms with van der Waals surface area (Å²) in [4.78, 5) is 24.4. The molecule has 0 atom stereocenters. The van der Waals surface area contributed by atoms with E-state index in [1.54, 1.807) is 13.2 Å². The van der Waals surface area contributed by atoms with E-state index in [-0.39, 0.29) is 36.7 Å². The van der Waals surface area contributed by atoms with E-state index in [9.17, 15) is 22.4 Å². The van der Waals surface area contributed by atoms with Gasteiger partial charge in [0.05, 0.1) is 11.5 Å². The van der Waals surface area contributed by atoms with Crippen LogP contribution in [0.1, 0.15) is 34.6 Å². The van der Waals surface area contributed by atoms with Crippen molar-refractivity contribution in [3.63, 3.8) is 0 Å². The highest BCUT2D eigenvalue weighted by Gasteiger charge is 2.21. The van der Waals surface area contributed by atoms with Crippen LogP contribution in [0.15, 0.2) is 35.2 Å². The fourth-order valence-corrected chi connectivity index (χ4v) is 4.47. The van der Waals surface area contributed by atoms with Gasteiger partial charge in [-0.25, -0.2) is 17.1 Å². The van der Waals surface area contributed by atoms with E-state index in [4.69, 9.17) is 9.47 Å². The molecule has 0 amide bonds. The number of sulfonamides is 1. The molecule has 32 heavy (non-hydrogen) atoms. The SMILES string of the molecule is COCCn1c(C)cc(C(=O)COC(=O)CCCN(C)S(=O)(=O)c2ccc(F)cc2)c1C. The van der Waals surface area contributed by atoms with Gasteiger partial charge in [0.25, 0.3) is 0 Å². The number of benzene rings is 1. The molecule has 1 aromatic carbocycles. The van der Waals surface area contributed by atoms with E-state index in [0.29, 0.717) is 18.7 Å². The predicted molar refractivity (Wildman–Crippen MR) is 117 cm³/mol. The molecule has 1 heterocycles. The fraction of sp³-hybridized carbons (Fsp3) is 0.455. The van der Waals surface area contributed by atoms with Gasteiger partial charge >= 0.3 is 5.97 Å². The first-order chi connectivity index (χ1) is 15.1. The second-order valence-electron chi connectivity index (χ2n) is 7.40. The van der Waals surface area contributed by atoms with Crippen molar-refractivity contribution in [3.8, 4) is 0 Å². The molecule has 0 saturated carbocycles. The highest BCUT2D eigenvalue weighted by atomic mass is 32.2. The van der Waals surface area contributed by atoms with Crippen molar-refractivity contribution in [2.24, 2.45) is 0 Å². The van der Waals surface area contributed by atoms with Crippen molar-refractivity contribution >= 4 is 21.8 Å². The zero-order chi connectivity index (χ0) is 23.9. The number of nitrogens with zero attached hydrogens (tertiary/aromatic N) is 2. The molecule has 1 aromatic heterocycles. The van der Waals surface area contributed by atoms with Crippen LogP contribution in [-0.4, -0.2) is 63.0 Å². The van der Waals surface area contributed by atoms with Crippen molar-refractivity contribution < 1.29 is 31.9 Å². The predicted octanol–water partition coefficient (Wildman–Crippen LogP) is 2.72. The van der Waals surface area contributed by atoms with Gasteiger partial charge in [-0.15, -0.1) is 0 Å². The van der Waals surface area contributed by atoms with Crippen LogP contribution in [0.2, 0.25) is 0 Å². The van der Waals surface area contributed by atoms with E-state index in [2.05, 4.69) is 0 Å². The number of aryl methyl sites for hydroxylation is 1. The van der Waals surface area contributed by atoms with Crippen molar-refractivity contribution in [2.45, 2.75) is 38.1 Å². The van der Waals surface area contributed by atoms with Gasteiger partial charge in [0, 0.05) is 50.6 Å². The Morgan fingerprint density at radius 2 is 1.81 bits per heavy atom. The number of esters is 1. The second kappa shape index (κ2) is 11.3. The molecular formula is C22H29FN2O6S. The molecule has 0 bridgehead atoms. The second-order valence-corrected chi connectivity index (χ2v) is 9.44. The number of Topliss-reactive ketones (excluding diaryl/α,β-unsaturated/α-hetero) is 1. The molecule has 0 aliphatic heterocycles. The minimum Gasteiger partial charge on any atom is -0.457 e. The van der Waals surface area contributed by atoms with Crippen LogP contribution in [0.4, 0.5) is 4.39 Å². The molecule has 0 aliphatic rings. The van der Waals surface area contributed by atoms with E-state index in [0.717, 1.165) is 27.8 Å². The third-order valence-corrected chi connectivity index (χ3v) is 7.00. The number of hydrogen-bond acceptors (Lipinski definition) is 6. The maximum absolute atomic E-state index is 13.0. The Morgan fingerprint density at radius 3 is 2.44 bits per heavy atom. The summed E-state index contributed by atoms with van der Waals surface area (Å²) in [7, 11) is -0.791. The minimum absolute atomic E-state index is 0.0299. The normalized spacial score (nSPS) is 11.7. The first kappa shape index (κ1) is 25.7. The maximum atomic E-state index is 13.0. The average molecular weight is 469 g/mol. The Labute approximate surface area is 188 Å². The van der Waals surface area contributed by atoms with Gasteiger partial charge in [0.2, 0.25) is 15.8 Å². The molecule has 2 rings (SSSR count). The Bertz CT molecular complexity index is 1050. The summed E-state index contributed by atoms with van der Waals surface area (Å²) in [6.07, 6.45) is 0.179. The van der Waals surface area contributed by atoms with Crippen LogP contribution in [-0.2, 0) is 30.8 Å². The quantitative estimate of drug-likeness (QED) is 0.351. The number of hydrogen-bond donors (Lipinski definition) is 0. The lowest BCUT2D eigenvalue weighted by Crippen LogP contribution is -2.28. The third kappa shape index (κ3) is 6.47. The molecule has 0 saturated heterocycles. The summed E-state index contributed by atoms with van der Waals surface area (Å²) in [5.74, 6) is -1.41. The molecule has 2 aromatic rings. The van der Waals surface area contributed by atoms with Crippen molar-refractivity contribution in [1.82, 2.24) is 8.87 Å². The van der Waals surface area contributed by atoms with E-state index in [1.807, 2.05) is 18.4 Å². The van der Waals surface area contributed by atoms with Crippen LogP contribution < -0.4 is 0 Å². The molecule has 0 radical (unpaired) electrons. The number of halogens is 1. The van der Waals surface area contributed by atoms with Gasteiger partial charge < -0.3 is 14.0 Å². The van der Waals surface area contributed by atoms with Gasteiger partial charge in [-0.3, -0.25) is 9.59 Å². The van der Waals surface area contributed by atoms with E-state index in [1.165, 1.54) is 19.2 Å². The monoisotopic (exact) mass is 468 g/mol. The third-order valence-electron chi connectivity index (χ3n) is 5.13. The highest BCUT2D eigenvalue weighted by Crippen LogP contribution is 2.17. The zero-order valence-electron chi connectivity index (χ0n) is 18.8. The van der Waals surface area contributed by atoms with Crippen molar-refractivity contribution in [1.29, 1.82) is 0 Å². The topological polar surface area (TPSA) is 94.9 Å². The number of rotatable bonds is 12. The highest BCUT2D eigenvalue weighted by molar-refractivity contribution is 7.89. The van der Waals surface area contributed by atoms with E-state index >= 15 is 0 Å². The van der Waals surface area contributed by atoms with Crippen LogP contribution >= 0.6 is 0 Å². The average Bonchev–Trinajstić information content (AvgIpc) is 3.04. The molecule has 0 spiro atoms. The summed E-state index contributed by atoms with van der Waals surface area (Å²) >= 11 is 0. The lowest BCUT2D eigenvalue weighted by Gasteiger charge is -2.16. The van der Waals surface area contributed by atoms with E-state index < -0.39 is 21.8 Å². The zero-order valence-corrected chi connectivity index (χ0v) is 19.6. The first-order valence-electron chi connectivity index (χ1n) is 10.1. The molecule has 0 aliphatic carbocycles. The molecule has 176 valence electrons. The Kier molecular flexibility index (Phi) is 9.11. The largest absolute Gasteiger partial charge is 0.457 e. The Balaban J connectivity index is 1.82. The van der Waals surface area contributed by atoms with Gasteiger partial charge in [-0.05, 0) is 50.6 Å². The summed E-state index contributed by atoms with van der Waals surface area (Å²) in [5.41, 5.74) is 2.20. The molecule has 10 heteroatoms. The first-order valence-corrected chi connectivity index (χ1v) is 11.6. The van der Waals surface area contributed by atoms with Crippen LogP contribution in [0, 0.1) is 19.7 Å². The molecule has 0 fully saturated rings. The summed E-state index contributed by atoms with van der Waals surface area (Å²) < 4.78 is 51.1. The maximum Gasteiger partial charge on any atom is 0.306 e. The summed E-state index contributed by atoms with van der Waals surface area (Å²) in [6, 6.07) is 6.28. The Morgan fingerprint density at radius 1 is 1.16 bits per heavy atom. The molecular weight excluding hydrogens is 439 g/mol. The van der Waals surface area contributed by atoms with Crippen LogP contribution in [0.25, 0.3) is 0 Å². The van der Waals surface area contributed by atoms with Crippen LogP contribution in [0.5, 0.6) is 0 Å². The number of ether oxygens (including phenoxy) is 2. The van der Waals surface area contributed by atoms with Gasteiger partial charge in [-0.2, -0.15) is 0 Å². The number of carbonyl (C=O) groups excluding carboxylic acids is 2. The number of methoxy groups -OCH3 is 1. The lowest BCUT2D eigenvalue weighted by atomic mass is 10.1. The Hall–Kier alpha value is -2.56. The number of aromatic nitrogens is 1.